The maximum atomic E-state index is 12.2. The van der Waals surface area contributed by atoms with E-state index in [-0.39, 0.29) is 25.2 Å². The fourth-order valence-corrected chi connectivity index (χ4v) is 1.73. The van der Waals surface area contributed by atoms with Gasteiger partial charge in [0, 0.05) is 13.0 Å². The first kappa shape index (κ1) is 17.5. The number of rotatable bonds is 1. The highest BCUT2D eigenvalue weighted by Gasteiger charge is 2.37. The van der Waals surface area contributed by atoms with Gasteiger partial charge >= 0.3 is 12.1 Å². The minimum atomic E-state index is -0.882. The first-order valence-electron chi connectivity index (χ1n) is 7.12. The van der Waals surface area contributed by atoms with Crippen molar-refractivity contribution in [3.63, 3.8) is 0 Å². The van der Waals surface area contributed by atoms with Crippen LogP contribution in [-0.4, -0.2) is 41.1 Å². The van der Waals surface area contributed by atoms with E-state index >= 15 is 0 Å². The van der Waals surface area contributed by atoms with Crippen molar-refractivity contribution >= 4 is 17.8 Å². The molecular formula is C15H25NO5. The van der Waals surface area contributed by atoms with Gasteiger partial charge in [0.2, 0.25) is 0 Å². The highest BCUT2D eigenvalue weighted by Crippen LogP contribution is 2.23. The maximum absolute atomic E-state index is 12.2. The van der Waals surface area contributed by atoms with Gasteiger partial charge in [0.1, 0.15) is 11.4 Å². The second-order valence-corrected chi connectivity index (χ2v) is 7.28. The van der Waals surface area contributed by atoms with E-state index in [0.717, 1.165) is 0 Å². The van der Waals surface area contributed by atoms with Crippen LogP contribution in [0.4, 0.5) is 4.79 Å². The number of esters is 1. The Morgan fingerprint density at radius 3 is 2.19 bits per heavy atom. The van der Waals surface area contributed by atoms with E-state index in [1.165, 1.54) is 4.90 Å². The van der Waals surface area contributed by atoms with Gasteiger partial charge in [0.15, 0.2) is 6.23 Å². The summed E-state index contributed by atoms with van der Waals surface area (Å²) in [5.74, 6) is -0.475. The Hall–Kier alpha value is -1.59. The van der Waals surface area contributed by atoms with Gasteiger partial charge < -0.3 is 9.47 Å². The number of likely N-dealkylation sites (tertiary alicyclic amines) is 1. The van der Waals surface area contributed by atoms with Crippen molar-refractivity contribution in [1.82, 2.24) is 4.90 Å². The Kier molecular flexibility index (Phi) is 5.02. The first-order valence-corrected chi connectivity index (χ1v) is 7.12. The van der Waals surface area contributed by atoms with E-state index < -0.39 is 29.3 Å². The normalized spacial score (nSPS) is 20.2. The smallest absolute Gasteiger partial charge is 0.413 e. The lowest BCUT2D eigenvalue weighted by Crippen LogP contribution is -2.51. The zero-order valence-corrected chi connectivity index (χ0v) is 13.7. The Bertz CT molecular complexity index is 430. The van der Waals surface area contributed by atoms with Crippen molar-refractivity contribution in [2.24, 2.45) is 5.41 Å². The van der Waals surface area contributed by atoms with Crippen molar-refractivity contribution < 1.29 is 23.9 Å². The number of nitrogens with zero attached hydrogens (tertiary/aromatic N) is 1. The average molecular weight is 299 g/mol. The van der Waals surface area contributed by atoms with Gasteiger partial charge in [-0.2, -0.15) is 0 Å². The van der Waals surface area contributed by atoms with Crippen LogP contribution in [0.1, 0.15) is 54.4 Å². The molecule has 1 atom stereocenters. The summed E-state index contributed by atoms with van der Waals surface area (Å²) in [6.45, 7) is 10.6. The Morgan fingerprint density at radius 2 is 1.71 bits per heavy atom. The summed E-state index contributed by atoms with van der Waals surface area (Å²) in [6, 6.07) is 0. The molecule has 6 heteroatoms. The van der Waals surface area contributed by atoms with Crippen LogP contribution in [0, 0.1) is 5.41 Å². The molecule has 120 valence electrons. The number of piperidine rings is 1. The van der Waals surface area contributed by atoms with Gasteiger partial charge in [-0.1, -0.05) is 0 Å². The monoisotopic (exact) mass is 299 g/mol. The van der Waals surface area contributed by atoms with Crippen LogP contribution in [0.25, 0.3) is 0 Å². The zero-order chi connectivity index (χ0) is 16.4. The van der Waals surface area contributed by atoms with Gasteiger partial charge in [-0.05, 0) is 41.5 Å². The number of ether oxygens (including phenoxy) is 2. The van der Waals surface area contributed by atoms with Crippen molar-refractivity contribution in [3.8, 4) is 0 Å². The molecule has 6 nitrogen and oxygen atoms in total. The maximum Gasteiger partial charge on any atom is 0.413 e. The van der Waals surface area contributed by atoms with Crippen LogP contribution >= 0.6 is 0 Å². The lowest BCUT2D eigenvalue weighted by molar-refractivity contribution is -0.171. The predicted molar refractivity (Wildman–Crippen MR) is 76.5 cm³/mol. The number of ketones is 1. The third kappa shape index (κ3) is 5.36. The summed E-state index contributed by atoms with van der Waals surface area (Å²) in [7, 11) is 0. The van der Waals surface area contributed by atoms with Gasteiger partial charge in [0.25, 0.3) is 0 Å². The Morgan fingerprint density at radius 1 is 1.14 bits per heavy atom. The molecule has 0 N–H and O–H groups in total. The average Bonchev–Trinajstić information content (AvgIpc) is 2.24. The summed E-state index contributed by atoms with van der Waals surface area (Å²) >= 11 is 0. The molecule has 0 radical (unpaired) electrons. The number of Topliss-reactive ketones (excluding diaryl/α,β-unsaturated/α-hetero) is 1. The molecule has 0 spiro atoms. The largest absolute Gasteiger partial charge is 0.444 e. The molecule has 1 heterocycles. The molecular weight excluding hydrogens is 274 g/mol. The SMILES string of the molecule is CC(C)(C)OC(=O)N1CCC(=O)CC1OC(=O)C(C)(C)C. The number of hydrogen-bond donors (Lipinski definition) is 0. The van der Waals surface area contributed by atoms with E-state index in [1.807, 2.05) is 0 Å². The number of carbonyl (C=O) groups excluding carboxylic acids is 3. The van der Waals surface area contributed by atoms with Crippen molar-refractivity contribution in [2.75, 3.05) is 6.54 Å². The third-order valence-corrected chi connectivity index (χ3v) is 2.86. The van der Waals surface area contributed by atoms with Crippen molar-refractivity contribution in [1.29, 1.82) is 0 Å². The van der Waals surface area contributed by atoms with Crippen LogP contribution in [-0.2, 0) is 19.1 Å². The summed E-state index contributed by atoms with van der Waals surface area (Å²) in [5, 5.41) is 0. The second-order valence-electron chi connectivity index (χ2n) is 7.28. The van der Waals surface area contributed by atoms with Gasteiger partial charge in [-0.25, -0.2) is 4.79 Å². The van der Waals surface area contributed by atoms with E-state index in [4.69, 9.17) is 9.47 Å². The predicted octanol–water partition coefficient (Wildman–Crippen LogP) is 2.50. The molecule has 0 aromatic carbocycles. The third-order valence-electron chi connectivity index (χ3n) is 2.86. The van der Waals surface area contributed by atoms with Crippen molar-refractivity contribution in [2.45, 2.75) is 66.2 Å². The molecule has 0 bridgehead atoms. The minimum absolute atomic E-state index is 0.0149. The number of amides is 1. The zero-order valence-electron chi connectivity index (χ0n) is 13.7. The topological polar surface area (TPSA) is 72.9 Å². The molecule has 1 fully saturated rings. The Labute approximate surface area is 125 Å². The molecule has 0 aromatic heterocycles. The van der Waals surface area contributed by atoms with E-state index in [2.05, 4.69) is 0 Å². The van der Waals surface area contributed by atoms with E-state index in [0.29, 0.717) is 0 Å². The quantitative estimate of drug-likeness (QED) is 0.696. The molecule has 1 amide bonds. The molecule has 1 unspecified atom stereocenters. The lowest BCUT2D eigenvalue weighted by Gasteiger charge is -2.36. The highest BCUT2D eigenvalue weighted by atomic mass is 16.6. The summed E-state index contributed by atoms with van der Waals surface area (Å²) in [6.07, 6.45) is -1.18. The molecule has 21 heavy (non-hydrogen) atoms. The molecule has 1 aliphatic rings. The summed E-state index contributed by atoms with van der Waals surface area (Å²) in [5.41, 5.74) is -1.34. The van der Waals surface area contributed by atoms with Crippen molar-refractivity contribution in [3.05, 3.63) is 0 Å². The van der Waals surface area contributed by atoms with E-state index in [1.54, 1.807) is 41.5 Å². The standard InChI is InChI=1S/C15H25NO5/c1-14(2,3)12(18)20-11-9-10(17)7-8-16(11)13(19)21-15(4,5)6/h11H,7-9H2,1-6H3. The summed E-state index contributed by atoms with van der Waals surface area (Å²) in [4.78, 5) is 37.0. The Balaban J connectivity index is 2.82. The fraction of sp³-hybridized carbons (Fsp3) is 0.800. The van der Waals surface area contributed by atoms with Crippen LogP contribution in [0.15, 0.2) is 0 Å². The molecule has 0 aliphatic carbocycles. The van der Waals surface area contributed by atoms with Gasteiger partial charge in [-0.15, -0.1) is 0 Å². The van der Waals surface area contributed by atoms with Crippen LogP contribution in [0.2, 0.25) is 0 Å². The first-order chi connectivity index (χ1) is 9.40. The van der Waals surface area contributed by atoms with Crippen LogP contribution < -0.4 is 0 Å². The molecule has 1 saturated heterocycles. The van der Waals surface area contributed by atoms with Gasteiger partial charge in [-0.3, -0.25) is 14.5 Å². The molecule has 1 rings (SSSR count). The van der Waals surface area contributed by atoms with E-state index in [9.17, 15) is 14.4 Å². The second kappa shape index (κ2) is 6.03. The molecule has 0 aromatic rings. The number of carbonyl (C=O) groups is 3. The van der Waals surface area contributed by atoms with Gasteiger partial charge in [0.05, 0.1) is 11.8 Å². The minimum Gasteiger partial charge on any atom is -0.444 e. The number of hydrogen-bond acceptors (Lipinski definition) is 5. The van der Waals surface area contributed by atoms with Crippen LogP contribution in [0.3, 0.4) is 0 Å². The van der Waals surface area contributed by atoms with Crippen LogP contribution in [0.5, 0.6) is 0 Å². The lowest BCUT2D eigenvalue weighted by atomic mass is 9.97. The summed E-state index contributed by atoms with van der Waals surface area (Å²) < 4.78 is 10.6. The highest BCUT2D eigenvalue weighted by molar-refractivity contribution is 5.83. The molecule has 0 saturated carbocycles. The molecule has 1 aliphatic heterocycles. The fourth-order valence-electron chi connectivity index (χ4n) is 1.73.